The van der Waals surface area contributed by atoms with E-state index in [9.17, 15) is 14.7 Å². The van der Waals surface area contributed by atoms with Gasteiger partial charge in [0.05, 0.1) is 29.0 Å². The molecule has 2 aromatic carbocycles. The third-order valence-corrected chi connectivity index (χ3v) is 7.28. The standard InChI is InChI=1S/C30H29N5O4S/c1-18-16-23(19(2)34(18)25-10-5-4-8-22(25)29(37)38)28-27(24-9-6-7-15-31-24)33-30(40)35(28)21-13-11-20(12-14-21)32-26(36)17-39-3/h4-16,27-28H,17H2,1-3H3,(H,32,36)(H,33,40)(H,37,38)/t27-,28+/m0/s1. The van der Waals surface area contributed by atoms with E-state index in [1.54, 1.807) is 18.3 Å². The molecule has 9 nitrogen and oxygen atoms in total. The molecule has 2 atom stereocenters. The Bertz CT molecular complexity index is 1570. The van der Waals surface area contributed by atoms with Crippen LogP contribution in [-0.2, 0) is 9.53 Å². The normalized spacial score (nSPS) is 16.6. The lowest BCUT2D eigenvalue weighted by Gasteiger charge is -2.28. The second kappa shape index (κ2) is 11.3. The molecule has 1 aliphatic heterocycles. The molecule has 1 amide bonds. The first kappa shape index (κ1) is 27.0. The summed E-state index contributed by atoms with van der Waals surface area (Å²) in [7, 11) is 1.47. The number of rotatable bonds is 8. The van der Waals surface area contributed by atoms with Gasteiger partial charge < -0.3 is 29.9 Å². The van der Waals surface area contributed by atoms with E-state index in [4.69, 9.17) is 17.0 Å². The van der Waals surface area contributed by atoms with Crippen LogP contribution in [0.1, 0.15) is 45.1 Å². The number of nitrogens with one attached hydrogen (secondary N) is 2. The maximum Gasteiger partial charge on any atom is 0.337 e. The Morgan fingerprint density at radius 2 is 1.80 bits per heavy atom. The van der Waals surface area contributed by atoms with Gasteiger partial charge in [-0.2, -0.15) is 0 Å². The third kappa shape index (κ3) is 5.06. The molecule has 5 rings (SSSR count). The number of thiocarbonyl (C=S) groups is 1. The van der Waals surface area contributed by atoms with Crippen molar-refractivity contribution in [2.45, 2.75) is 25.9 Å². The summed E-state index contributed by atoms with van der Waals surface area (Å²) in [5, 5.41) is 16.7. The summed E-state index contributed by atoms with van der Waals surface area (Å²) in [5.41, 5.74) is 5.91. The molecule has 1 saturated heterocycles. The fraction of sp³-hybridized carbons (Fsp3) is 0.200. The summed E-state index contributed by atoms with van der Waals surface area (Å²) < 4.78 is 6.88. The number of carboxylic acid groups (broad SMARTS) is 1. The molecule has 1 aliphatic rings. The Hall–Kier alpha value is -4.54. The van der Waals surface area contributed by atoms with Gasteiger partial charge in [-0.15, -0.1) is 0 Å². The van der Waals surface area contributed by atoms with Crippen LogP contribution in [0.3, 0.4) is 0 Å². The van der Waals surface area contributed by atoms with Crippen LogP contribution in [0.15, 0.2) is 79.0 Å². The van der Waals surface area contributed by atoms with Gasteiger partial charge in [-0.25, -0.2) is 4.79 Å². The van der Waals surface area contributed by atoms with Gasteiger partial charge >= 0.3 is 5.97 Å². The smallest absolute Gasteiger partial charge is 0.337 e. The number of para-hydroxylation sites is 1. The largest absolute Gasteiger partial charge is 0.478 e. The number of methoxy groups -OCH3 is 1. The highest BCUT2D eigenvalue weighted by Gasteiger charge is 2.42. The molecular formula is C30H29N5O4S. The summed E-state index contributed by atoms with van der Waals surface area (Å²) in [4.78, 5) is 30.7. The zero-order chi connectivity index (χ0) is 28.4. The van der Waals surface area contributed by atoms with Gasteiger partial charge in [0, 0.05) is 36.1 Å². The molecule has 0 spiro atoms. The van der Waals surface area contributed by atoms with Crippen molar-refractivity contribution in [3.8, 4) is 5.69 Å². The van der Waals surface area contributed by atoms with Crippen molar-refractivity contribution in [1.82, 2.24) is 14.9 Å². The lowest BCUT2D eigenvalue weighted by molar-refractivity contribution is -0.119. The van der Waals surface area contributed by atoms with E-state index in [1.807, 2.05) is 77.9 Å². The zero-order valence-corrected chi connectivity index (χ0v) is 23.1. The monoisotopic (exact) mass is 555 g/mol. The fourth-order valence-electron chi connectivity index (χ4n) is 5.29. The number of pyridine rings is 1. The molecule has 0 aliphatic carbocycles. The Labute approximate surface area is 237 Å². The Morgan fingerprint density at radius 3 is 2.48 bits per heavy atom. The van der Waals surface area contributed by atoms with E-state index >= 15 is 0 Å². The number of hydrogen-bond acceptors (Lipinski definition) is 5. The van der Waals surface area contributed by atoms with Crippen molar-refractivity contribution in [3.05, 3.63) is 107 Å². The predicted molar refractivity (Wildman–Crippen MR) is 157 cm³/mol. The van der Waals surface area contributed by atoms with Gasteiger partial charge in [-0.3, -0.25) is 9.78 Å². The van der Waals surface area contributed by atoms with Gasteiger partial charge in [-0.05, 0) is 86.2 Å². The molecule has 40 heavy (non-hydrogen) atoms. The maximum absolute atomic E-state index is 12.0. The SMILES string of the molecule is COCC(=O)Nc1ccc(N2C(=S)N[C@@H](c3ccccn3)[C@H]2c2cc(C)n(-c3ccccc3C(=O)O)c2C)cc1. The van der Waals surface area contributed by atoms with Crippen molar-refractivity contribution in [3.63, 3.8) is 0 Å². The molecule has 0 unspecified atom stereocenters. The highest BCUT2D eigenvalue weighted by Crippen LogP contribution is 2.44. The van der Waals surface area contributed by atoms with Gasteiger partial charge in [0.25, 0.3) is 0 Å². The van der Waals surface area contributed by atoms with Crippen molar-refractivity contribution in [2.24, 2.45) is 0 Å². The van der Waals surface area contributed by atoms with Crippen molar-refractivity contribution < 1.29 is 19.4 Å². The minimum atomic E-state index is -0.987. The van der Waals surface area contributed by atoms with Crippen LogP contribution < -0.4 is 15.5 Å². The Balaban J connectivity index is 1.61. The topological polar surface area (TPSA) is 109 Å². The van der Waals surface area contributed by atoms with E-state index in [2.05, 4.69) is 21.7 Å². The van der Waals surface area contributed by atoms with E-state index in [0.717, 1.165) is 28.3 Å². The van der Waals surface area contributed by atoms with Crippen LogP contribution in [0.2, 0.25) is 0 Å². The molecule has 3 heterocycles. The van der Waals surface area contributed by atoms with Crippen LogP contribution >= 0.6 is 12.2 Å². The Kier molecular flexibility index (Phi) is 7.63. The van der Waals surface area contributed by atoms with E-state index < -0.39 is 5.97 Å². The van der Waals surface area contributed by atoms with Crippen LogP contribution in [0, 0.1) is 13.8 Å². The molecule has 0 radical (unpaired) electrons. The first-order valence-electron chi connectivity index (χ1n) is 12.7. The molecule has 204 valence electrons. The molecule has 4 aromatic rings. The average Bonchev–Trinajstić information content (AvgIpc) is 3.44. The highest BCUT2D eigenvalue weighted by molar-refractivity contribution is 7.80. The lowest BCUT2D eigenvalue weighted by Crippen LogP contribution is -2.29. The minimum absolute atomic E-state index is 0.0314. The minimum Gasteiger partial charge on any atom is -0.478 e. The number of benzene rings is 2. The number of anilines is 2. The van der Waals surface area contributed by atoms with Crippen molar-refractivity contribution >= 4 is 40.6 Å². The van der Waals surface area contributed by atoms with Gasteiger partial charge in [-0.1, -0.05) is 18.2 Å². The van der Waals surface area contributed by atoms with E-state index in [1.165, 1.54) is 7.11 Å². The first-order chi connectivity index (χ1) is 19.3. The predicted octanol–water partition coefficient (Wildman–Crippen LogP) is 4.95. The number of hydrogen-bond donors (Lipinski definition) is 3. The van der Waals surface area contributed by atoms with Crippen LogP contribution in [0.25, 0.3) is 5.69 Å². The van der Waals surface area contributed by atoms with Crippen LogP contribution in [-0.4, -0.2) is 45.4 Å². The quantitative estimate of drug-likeness (QED) is 0.262. The zero-order valence-electron chi connectivity index (χ0n) is 22.3. The second-order valence-electron chi connectivity index (χ2n) is 9.51. The van der Waals surface area contributed by atoms with Gasteiger partial charge in [0.15, 0.2) is 5.11 Å². The summed E-state index contributed by atoms with van der Waals surface area (Å²) in [6.45, 7) is 3.92. The fourth-order valence-corrected chi connectivity index (χ4v) is 5.64. The summed E-state index contributed by atoms with van der Waals surface area (Å²) in [6.07, 6.45) is 1.75. The van der Waals surface area contributed by atoms with E-state index in [-0.39, 0.29) is 30.2 Å². The first-order valence-corrected chi connectivity index (χ1v) is 13.1. The molecule has 2 aromatic heterocycles. The van der Waals surface area contributed by atoms with Gasteiger partial charge in [0.1, 0.15) is 6.61 Å². The number of amides is 1. The molecule has 10 heteroatoms. The van der Waals surface area contributed by atoms with Gasteiger partial charge in [0.2, 0.25) is 5.91 Å². The molecule has 0 bridgehead atoms. The highest BCUT2D eigenvalue weighted by atomic mass is 32.1. The molecule has 3 N–H and O–H groups in total. The summed E-state index contributed by atoms with van der Waals surface area (Å²) >= 11 is 5.86. The summed E-state index contributed by atoms with van der Waals surface area (Å²) in [6, 6.07) is 21.7. The number of carbonyl (C=O) groups excluding carboxylic acids is 1. The van der Waals surface area contributed by atoms with Crippen molar-refractivity contribution in [1.29, 1.82) is 0 Å². The molecular weight excluding hydrogens is 526 g/mol. The Morgan fingerprint density at radius 1 is 1.07 bits per heavy atom. The number of carbonyl (C=O) groups is 2. The second-order valence-corrected chi connectivity index (χ2v) is 9.90. The number of aromatic carboxylic acids is 1. The number of ether oxygens (including phenoxy) is 1. The van der Waals surface area contributed by atoms with Crippen LogP contribution in [0.5, 0.6) is 0 Å². The number of nitrogens with zero attached hydrogens (tertiary/aromatic N) is 3. The maximum atomic E-state index is 12.0. The number of aryl methyl sites for hydroxylation is 1. The third-order valence-electron chi connectivity index (χ3n) is 6.97. The van der Waals surface area contributed by atoms with Crippen LogP contribution in [0.4, 0.5) is 11.4 Å². The van der Waals surface area contributed by atoms with E-state index in [0.29, 0.717) is 16.5 Å². The average molecular weight is 556 g/mol. The lowest BCUT2D eigenvalue weighted by atomic mass is 9.96. The summed E-state index contributed by atoms with van der Waals surface area (Å²) in [5.74, 6) is -1.23. The number of aromatic nitrogens is 2. The molecule has 1 fully saturated rings. The van der Waals surface area contributed by atoms with Crippen molar-refractivity contribution in [2.75, 3.05) is 23.9 Å². The molecule has 0 saturated carbocycles. The number of carboxylic acids is 1.